The van der Waals surface area contributed by atoms with Crippen LogP contribution in [0, 0.1) is 0 Å². The zero-order chi connectivity index (χ0) is 22.5. The predicted molar refractivity (Wildman–Crippen MR) is 142 cm³/mol. The van der Waals surface area contributed by atoms with Gasteiger partial charge in [0.2, 0.25) is 0 Å². The molecule has 0 fully saturated rings. The summed E-state index contributed by atoms with van der Waals surface area (Å²) in [6.45, 7) is 20.0. The third-order valence-corrected chi connectivity index (χ3v) is 2.55. The van der Waals surface area contributed by atoms with Gasteiger partial charge < -0.3 is 0 Å². The molecule has 0 spiro atoms. The zero-order valence-electron chi connectivity index (χ0n) is 20.2. The molecule has 3 aromatic carbocycles. The highest BCUT2D eigenvalue weighted by Crippen LogP contribution is 2.17. The van der Waals surface area contributed by atoms with Crippen LogP contribution in [0.15, 0.2) is 97.1 Å². The molecule has 0 heterocycles. The molecule has 0 saturated carbocycles. The molecule has 0 unspecified atom stereocenters. The Kier molecular flexibility index (Phi) is 52.1. The highest BCUT2D eigenvalue weighted by Gasteiger charge is 1.91. The lowest BCUT2D eigenvalue weighted by atomic mass is 10.1. The Labute approximate surface area is 185 Å². The second-order valence-electron chi connectivity index (χ2n) is 3.89. The summed E-state index contributed by atoms with van der Waals surface area (Å²) in [6.07, 6.45) is 0. The van der Waals surface area contributed by atoms with Crippen molar-refractivity contribution in [2.45, 2.75) is 76.7 Å². The largest absolute Gasteiger partial charge is 0.0776 e. The van der Waals surface area contributed by atoms with Gasteiger partial charge in [-0.05, 0) is 11.1 Å². The molecule has 0 atom stereocenters. The van der Waals surface area contributed by atoms with Gasteiger partial charge in [0.15, 0.2) is 0 Å². The Balaban J connectivity index is -0.0000000969. The molecule has 0 bridgehead atoms. The van der Waals surface area contributed by atoms with E-state index in [9.17, 15) is 0 Å². The fourth-order valence-electron chi connectivity index (χ4n) is 1.65. The molecule has 0 radical (unpaired) electrons. The molecule has 0 aliphatic rings. The Bertz CT molecular complexity index is 463. The summed E-state index contributed by atoms with van der Waals surface area (Å²) in [5.41, 5.74) is 2.55. The third kappa shape index (κ3) is 25.7. The smallest absolute Gasteiger partial charge is 0.0184 e. The average Bonchev–Trinajstić information content (AvgIpc) is 2.88. The van der Waals surface area contributed by atoms with Crippen molar-refractivity contribution in [3.8, 4) is 11.1 Å². The van der Waals surface area contributed by atoms with Gasteiger partial charge in [-0.2, -0.15) is 0 Å². The van der Waals surface area contributed by atoms with Crippen LogP contribution in [0.25, 0.3) is 11.1 Å². The van der Waals surface area contributed by atoms with E-state index in [0.717, 1.165) is 0 Å². The standard InChI is InChI=1S/C12H10.C6H6.5C2H6.CH4/c1-3-7-11(8-4-1)12-9-5-2-6-10-12;1-2-4-6-5-3-1;5*1-2;/h1-10H;1-6H;5*1-2H3;1H4. The summed E-state index contributed by atoms with van der Waals surface area (Å²) in [6, 6.07) is 32.8. The van der Waals surface area contributed by atoms with Crippen LogP contribution in [0.1, 0.15) is 76.7 Å². The van der Waals surface area contributed by atoms with Crippen LogP contribution in [-0.4, -0.2) is 0 Å². The highest BCUT2D eigenvalue weighted by molar-refractivity contribution is 5.62. The van der Waals surface area contributed by atoms with Crippen LogP contribution in [-0.2, 0) is 0 Å². The Morgan fingerprint density at radius 3 is 0.586 bits per heavy atom. The lowest BCUT2D eigenvalue weighted by molar-refractivity contribution is 1.50. The van der Waals surface area contributed by atoms with Crippen molar-refractivity contribution in [3.05, 3.63) is 97.1 Å². The number of hydrogen-bond donors (Lipinski definition) is 0. The van der Waals surface area contributed by atoms with E-state index in [0.29, 0.717) is 0 Å². The van der Waals surface area contributed by atoms with E-state index in [2.05, 4.69) is 48.5 Å². The van der Waals surface area contributed by atoms with Crippen LogP contribution in [0.2, 0.25) is 0 Å². The molecule has 0 N–H and O–H groups in total. The molecule has 166 valence electrons. The SMILES string of the molecule is C.CC.CC.CC.CC.CC.c1ccc(-c2ccccc2)cc1.c1ccccc1. The molecule has 0 aromatic heterocycles. The van der Waals surface area contributed by atoms with E-state index < -0.39 is 0 Å². The minimum absolute atomic E-state index is 0. The maximum Gasteiger partial charge on any atom is -0.0184 e. The molecule has 0 aliphatic heterocycles. The van der Waals surface area contributed by atoms with Crippen LogP contribution >= 0.6 is 0 Å². The zero-order valence-corrected chi connectivity index (χ0v) is 20.2. The van der Waals surface area contributed by atoms with Crippen molar-refractivity contribution < 1.29 is 0 Å². The first-order chi connectivity index (χ1) is 14.0. The van der Waals surface area contributed by atoms with Crippen molar-refractivity contribution in [1.82, 2.24) is 0 Å². The molecule has 3 aromatic rings. The van der Waals surface area contributed by atoms with Gasteiger partial charge in [0.1, 0.15) is 0 Å². The number of benzene rings is 3. The van der Waals surface area contributed by atoms with Crippen molar-refractivity contribution in [2.24, 2.45) is 0 Å². The second-order valence-corrected chi connectivity index (χ2v) is 3.89. The van der Waals surface area contributed by atoms with Crippen LogP contribution < -0.4 is 0 Å². The topological polar surface area (TPSA) is 0 Å². The Hall–Kier alpha value is -2.34. The molecule has 0 saturated heterocycles. The Morgan fingerprint density at radius 1 is 0.276 bits per heavy atom. The molecule has 0 nitrogen and oxygen atoms in total. The highest BCUT2D eigenvalue weighted by atomic mass is 14.0. The van der Waals surface area contributed by atoms with Crippen molar-refractivity contribution >= 4 is 0 Å². The predicted octanol–water partition coefficient (Wildman–Crippen LogP) is 10.8. The van der Waals surface area contributed by atoms with Gasteiger partial charge in [-0.25, -0.2) is 0 Å². The molecular formula is C29H50. The van der Waals surface area contributed by atoms with Gasteiger partial charge in [-0.1, -0.05) is 174 Å². The van der Waals surface area contributed by atoms with Gasteiger partial charge >= 0.3 is 0 Å². The Morgan fingerprint density at radius 2 is 0.414 bits per heavy atom. The second kappa shape index (κ2) is 40.4. The molecule has 0 heteroatoms. The van der Waals surface area contributed by atoms with E-state index in [1.54, 1.807) is 0 Å². The molecule has 29 heavy (non-hydrogen) atoms. The van der Waals surface area contributed by atoms with E-state index in [4.69, 9.17) is 0 Å². The summed E-state index contributed by atoms with van der Waals surface area (Å²) >= 11 is 0. The summed E-state index contributed by atoms with van der Waals surface area (Å²) in [4.78, 5) is 0. The van der Waals surface area contributed by atoms with Crippen molar-refractivity contribution in [1.29, 1.82) is 0 Å². The lowest BCUT2D eigenvalue weighted by Crippen LogP contribution is -1.73. The maximum atomic E-state index is 2.12. The fraction of sp³-hybridized carbons (Fsp3) is 0.379. The van der Waals surface area contributed by atoms with E-state index >= 15 is 0 Å². The number of hydrogen-bond acceptors (Lipinski definition) is 0. The van der Waals surface area contributed by atoms with Gasteiger partial charge in [0.25, 0.3) is 0 Å². The van der Waals surface area contributed by atoms with Crippen molar-refractivity contribution in [2.75, 3.05) is 0 Å². The molecule has 0 aliphatic carbocycles. The average molecular weight is 399 g/mol. The minimum Gasteiger partial charge on any atom is -0.0776 e. The van der Waals surface area contributed by atoms with Crippen LogP contribution in [0.4, 0.5) is 0 Å². The first-order valence-electron chi connectivity index (χ1n) is 11.1. The van der Waals surface area contributed by atoms with Crippen LogP contribution in [0.5, 0.6) is 0 Å². The summed E-state index contributed by atoms with van der Waals surface area (Å²) < 4.78 is 0. The van der Waals surface area contributed by atoms with Gasteiger partial charge in [-0.15, -0.1) is 0 Å². The van der Waals surface area contributed by atoms with Gasteiger partial charge in [-0.3, -0.25) is 0 Å². The quantitative estimate of drug-likeness (QED) is 0.382. The normalized spacial score (nSPS) is 6.69. The first kappa shape index (κ1) is 37.4. The van der Waals surface area contributed by atoms with Crippen LogP contribution in [0.3, 0.4) is 0 Å². The fourth-order valence-corrected chi connectivity index (χ4v) is 1.65. The van der Waals surface area contributed by atoms with E-state index in [-0.39, 0.29) is 7.43 Å². The first-order valence-corrected chi connectivity index (χ1v) is 11.1. The summed E-state index contributed by atoms with van der Waals surface area (Å²) in [5.74, 6) is 0. The molecule has 0 amide bonds. The van der Waals surface area contributed by atoms with E-state index in [1.807, 2.05) is 118 Å². The van der Waals surface area contributed by atoms with Gasteiger partial charge in [0.05, 0.1) is 0 Å². The van der Waals surface area contributed by atoms with Crippen molar-refractivity contribution in [3.63, 3.8) is 0 Å². The third-order valence-electron chi connectivity index (χ3n) is 2.55. The molecular weight excluding hydrogens is 348 g/mol. The van der Waals surface area contributed by atoms with Gasteiger partial charge in [0, 0.05) is 0 Å². The van der Waals surface area contributed by atoms with E-state index in [1.165, 1.54) is 11.1 Å². The lowest BCUT2D eigenvalue weighted by Gasteiger charge is -1.98. The maximum absolute atomic E-state index is 2.12. The number of rotatable bonds is 1. The summed E-state index contributed by atoms with van der Waals surface area (Å²) in [7, 11) is 0. The molecule has 3 rings (SSSR count). The monoisotopic (exact) mass is 398 g/mol. The summed E-state index contributed by atoms with van der Waals surface area (Å²) in [5, 5.41) is 0. The minimum atomic E-state index is 0.